The lowest BCUT2D eigenvalue weighted by molar-refractivity contribution is 0.499. The number of nitrogens with one attached hydrogen (secondary N) is 1. The number of benzene rings is 1. The molecule has 0 amide bonds. The predicted molar refractivity (Wildman–Crippen MR) is 79.8 cm³/mol. The highest BCUT2D eigenvalue weighted by Crippen LogP contribution is 2.26. The highest BCUT2D eigenvalue weighted by Gasteiger charge is 2.17. The van der Waals surface area contributed by atoms with E-state index in [1.54, 1.807) is 15.9 Å². The van der Waals surface area contributed by atoms with Crippen molar-refractivity contribution in [2.45, 2.75) is 19.4 Å². The van der Waals surface area contributed by atoms with E-state index in [9.17, 15) is 8.78 Å². The second-order valence-electron chi connectivity index (χ2n) is 4.69. The molecule has 1 N–H and O–H groups in total. The molecule has 2 heterocycles. The number of rotatable bonds is 3. The minimum atomic E-state index is -0.858. The molecule has 0 aliphatic heterocycles. The Morgan fingerprint density at radius 2 is 2.15 bits per heavy atom. The predicted octanol–water partition coefficient (Wildman–Crippen LogP) is 4.84. The number of hydrogen-bond acceptors (Lipinski definition) is 2. The number of nitrogens with zero attached hydrogens (tertiary/aromatic N) is 1. The Bertz CT molecular complexity index is 803. The molecule has 20 heavy (non-hydrogen) atoms. The minimum absolute atomic E-state index is 0.0498. The molecule has 0 spiro atoms. The van der Waals surface area contributed by atoms with Crippen LogP contribution in [0.1, 0.15) is 17.8 Å². The molecular formula is C14H12F2N2S2. The van der Waals surface area contributed by atoms with Crippen molar-refractivity contribution in [2.75, 3.05) is 0 Å². The van der Waals surface area contributed by atoms with Crippen LogP contribution >= 0.6 is 23.6 Å². The molecule has 2 nitrogen and oxygen atoms in total. The van der Waals surface area contributed by atoms with Gasteiger partial charge in [0.2, 0.25) is 0 Å². The van der Waals surface area contributed by atoms with Gasteiger partial charge in [0.05, 0.1) is 5.52 Å². The fourth-order valence-corrected chi connectivity index (χ4v) is 3.59. The highest BCUT2D eigenvalue weighted by atomic mass is 32.1. The second-order valence-corrected chi connectivity index (χ2v) is 6.11. The van der Waals surface area contributed by atoms with Gasteiger partial charge in [-0.3, -0.25) is 0 Å². The van der Waals surface area contributed by atoms with Gasteiger partial charge in [-0.15, -0.1) is 11.3 Å². The van der Waals surface area contributed by atoms with Crippen molar-refractivity contribution in [2.24, 2.45) is 0 Å². The Morgan fingerprint density at radius 1 is 1.35 bits per heavy atom. The van der Waals surface area contributed by atoms with Gasteiger partial charge in [0.25, 0.3) is 0 Å². The first kappa shape index (κ1) is 13.5. The van der Waals surface area contributed by atoms with Gasteiger partial charge in [0, 0.05) is 17.3 Å². The fourth-order valence-electron chi connectivity index (χ4n) is 2.39. The summed E-state index contributed by atoms with van der Waals surface area (Å²) in [5.74, 6) is -1.71. The summed E-state index contributed by atoms with van der Waals surface area (Å²) >= 11 is 6.89. The molecule has 104 valence electrons. The van der Waals surface area contributed by atoms with Crippen LogP contribution in [0, 0.1) is 16.4 Å². The van der Waals surface area contributed by atoms with Gasteiger partial charge >= 0.3 is 0 Å². The summed E-state index contributed by atoms with van der Waals surface area (Å²) in [4.78, 5) is 4.12. The Hall–Kier alpha value is -1.53. The second kappa shape index (κ2) is 5.10. The molecule has 1 unspecified atom stereocenters. The lowest BCUT2D eigenvalue weighted by Crippen LogP contribution is -2.09. The third kappa shape index (κ3) is 2.19. The smallest absolute Gasteiger partial charge is 0.184 e. The van der Waals surface area contributed by atoms with Crippen LogP contribution < -0.4 is 0 Å². The Morgan fingerprint density at radius 3 is 2.85 bits per heavy atom. The van der Waals surface area contributed by atoms with Crippen molar-refractivity contribution in [1.29, 1.82) is 0 Å². The van der Waals surface area contributed by atoms with Crippen molar-refractivity contribution in [3.63, 3.8) is 0 Å². The number of aromatic amines is 1. The first-order chi connectivity index (χ1) is 9.58. The van der Waals surface area contributed by atoms with E-state index in [-0.39, 0.29) is 11.6 Å². The molecule has 1 aromatic carbocycles. The van der Waals surface area contributed by atoms with E-state index in [1.807, 2.05) is 24.4 Å². The molecular weight excluding hydrogens is 298 g/mol. The molecule has 0 fully saturated rings. The zero-order chi connectivity index (χ0) is 14.3. The van der Waals surface area contributed by atoms with Crippen molar-refractivity contribution < 1.29 is 8.78 Å². The molecule has 3 aromatic rings. The maximum Gasteiger partial charge on any atom is 0.184 e. The lowest BCUT2D eigenvalue weighted by Gasteiger charge is -2.14. The van der Waals surface area contributed by atoms with E-state index in [0.717, 1.165) is 12.5 Å². The summed E-state index contributed by atoms with van der Waals surface area (Å²) in [6.07, 6.45) is 0.731. The molecule has 2 aromatic heterocycles. The largest absolute Gasteiger partial charge is 0.330 e. The molecule has 0 aliphatic rings. The maximum atomic E-state index is 14.1. The SMILES string of the molecule is CC(Cc1cccs1)n1c(=S)[nH]c2ccc(F)c(F)c21. The number of fused-ring (bicyclic) bond motifs is 1. The van der Waals surface area contributed by atoms with E-state index < -0.39 is 11.6 Å². The maximum absolute atomic E-state index is 14.1. The van der Waals surface area contributed by atoms with Crippen LogP contribution in [0.25, 0.3) is 11.0 Å². The molecule has 0 radical (unpaired) electrons. The average Bonchev–Trinajstić information content (AvgIpc) is 3.01. The molecule has 0 aliphatic carbocycles. The zero-order valence-corrected chi connectivity index (χ0v) is 12.3. The fraction of sp³-hybridized carbons (Fsp3) is 0.214. The highest BCUT2D eigenvalue weighted by molar-refractivity contribution is 7.71. The zero-order valence-electron chi connectivity index (χ0n) is 10.7. The third-order valence-electron chi connectivity index (χ3n) is 3.29. The van der Waals surface area contributed by atoms with Crippen LogP contribution in [0.3, 0.4) is 0 Å². The van der Waals surface area contributed by atoms with Gasteiger partial charge in [0.15, 0.2) is 16.4 Å². The van der Waals surface area contributed by atoms with Gasteiger partial charge < -0.3 is 9.55 Å². The normalized spacial score (nSPS) is 12.9. The summed E-state index contributed by atoms with van der Waals surface area (Å²) in [6.45, 7) is 1.95. The van der Waals surface area contributed by atoms with Gasteiger partial charge in [-0.05, 0) is 42.7 Å². The lowest BCUT2D eigenvalue weighted by atomic mass is 10.2. The number of H-pyrrole nitrogens is 1. The number of thiophene rings is 1. The van der Waals surface area contributed by atoms with Crippen molar-refractivity contribution in [3.05, 3.63) is 50.9 Å². The Balaban J connectivity index is 2.13. The van der Waals surface area contributed by atoms with E-state index >= 15 is 0 Å². The van der Waals surface area contributed by atoms with Crippen LogP contribution in [-0.2, 0) is 6.42 Å². The molecule has 0 saturated carbocycles. The summed E-state index contributed by atoms with van der Waals surface area (Å²) in [6, 6.07) is 6.57. The van der Waals surface area contributed by atoms with Crippen LogP contribution in [0.4, 0.5) is 8.78 Å². The van der Waals surface area contributed by atoms with E-state index in [1.165, 1.54) is 10.9 Å². The standard InChI is InChI=1S/C14H12F2N2S2/c1-8(7-9-3-2-6-20-9)18-13-11(17-14(18)19)5-4-10(15)12(13)16/h2-6,8H,7H2,1H3,(H,17,19). The van der Waals surface area contributed by atoms with E-state index in [4.69, 9.17) is 12.2 Å². The molecule has 0 saturated heterocycles. The summed E-state index contributed by atoms with van der Waals surface area (Å²) in [5.41, 5.74) is 0.728. The number of aromatic nitrogens is 2. The number of halogens is 2. The van der Waals surface area contributed by atoms with Crippen molar-refractivity contribution >= 4 is 34.6 Å². The Labute approximate surface area is 123 Å². The van der Waals surface area contributed by atoms with Gasteiger partial charge in [0.1, 0.15) is 5.52 Å². The molecule has 3 rings (SSSR count). The first-order valence-corrected chi connectivity index (χ1v) is 7.47. The minimum Gasteiger partial charge on any atom is -0.330 e. The molecule has 0 bridgehead atoms. The van der Waals surface area contributed by atoms with Crippen molar-refractivity contribution in [1.82, 2.24) is 9.55 Å². The third-order valence-corrected chi connectivity index (χ3v) is 4.49. The van der Waals surface area contributed by atoms with E-state index in [0.29, 0.717) is 10.3 Å². The van der Waals surface area contributed by atoms with Gasteiger partial charge in [-0.1, -0.05) is 6.07 Å². The van der Waals surface area contributed by atoms with E-state index in [2.05, 4.69) is 4.98 Å². The molecule has 6 heteroatoms. The Kier molecular flexibility index (Phi) is 3.43. The van der Waals surface area contributed by atoms with Crippen LogP contribution in [-0.4, -0.2) is 9.55 Å². The monoisotopic (exact) mass is 310 g/mol. The van der Waals surface area contributed by atoms with Crippen molar-refractivity contribution in [3.8, 4) is 0 Å². The molecule has 1 atom stereocenters. The van der Waals surface area contributed by atoms with Crippen LogP contribution in [0.15, 0.2) is 29.6 Å². The summed E-state index contributed by atoms with van der Waals surface area (Å²) in [7, 11) is 0. The summed E-state index contributed by atoms with van der Waals surface area (Å²) in [5, 5.41) is 2.00. The van der Waals surface area contributed by atoms with Gasteiger partial charge in [-0.25, -0.2) is 8.78 Å². The number of imidazole rings is 1. The number of hydrogen-bond donors (Lipinski definition) is 1. The quantitative estimate of drug-likeness (QED) is 0.686. The van der Waals surface area contributed by atoms with Gasteiger partial charge in [-0.2, -0.15) is 0 Å². The van der Waals surface area contributed by atoms with Crippen LogP contribution in [0.2, 0.25) is 0 Å². The average molecular weight is 310 g/mol. The van der Waals surface area contributed by atoms with Crippen LogP contribution in [0.5, 0.6) is 0 Å². The summed E-state index contributed by atoms with van der Waals surface area (Å²) < 4.78 is 29.6. The first-order valence-electron chi connectivity index (χ1n) is 6.18. The topological polar surface area (TPSA) is 20.7 Å².